The third kappa shape index (κ3) is 0.501. The van der Waals surface area contributed by atoms with Crippen molar-refractivity contribution in [2.24, 2.45) is 27.9 Å². The molecule has 0 amide bonds. The fourth-order valence-corrected chi connectivity index (χ4v) is 3.72. The predicted octanol–water partition coefficient (Wildman–Crippen LogP) is -2.38. The summed E-state index contributed by atoms with van der Waals surface area (Å²) in [5.74, 6) is 0. The highest BCUT2D eigenvalue weighted by molar-refractivity contribution is 6.03. The first-order chi connectivity index (χ1) is 6.90. The van der Waals surface area contributed by atoms with E-state index in [-0.39, 0.29) is 5.54 Å². The Morgan fingerprint density at radius 3 is 2.00 bits per heavy atom. The van der Waals surface area contributed by atoms with E-state index < -0.39 is 17.0 Å². The lowest BCUT2D eigenvalue weighted by Crippen LogP contribution is -2.70. The molecule has 15 heavy (non-hydrogen) atoms. The van der Waals surface area contributed by atoms with Crippen LogP contribution in [-0.2, 0) is 0 Å². The zero-order chi connectivity index (χ0) is 10.7. The molecule has 0 aromatic heterocycles. The largest absolute Gasteiger partial charge is 0.307 e. The maximum atomic E-state index is 6.00. The number of nitrogens with zero attached hydrogens (tertiary/aromatic N) is 2. The Balaban J connectivity index is 1.89. The van der Waals surface area contributed by atoms with Gasteiger partial charge in [0.2, 0.25) is 0 Å². The first-order valence-corrected chi connectivity index (χ1v) is 5.43. The molecular formula is C9H16N6. The first kappa shape index (κ1) is 8.60. The van der Waals surface area contributed by atoms with Crippen LogP contribution in [0.1, 0.15) is 19.3 Å². The minimum atomic E-state index is -1.09. The lowest BCUT2D eigenvalue weighted by molar-refractivity contribution is -0.0239. The Hall–Kier alpha value is -0.530. The van der Waals surface area contributed by atoms with Gasteiger partial charge >= 0.3 is 0 Å². The van der Waals surface area contributed by atoms with Crippen LogP contribution in [0.25, 0.3) is 0 Å². The molecule has 1 unspecified atom stereocenters. The van der Waals surface area contributed by atoms with Crippen molar-refractivity contribution in [2.75, 3.05) is 6.54 Å². The minimum Gasteiger partial charge on any atom is -0.307 e. The second-order valence-corrected chi connectivity index (χ2v) is 5.40. The summed E-state index contributed by atoms with van der Waals surface area (Å²) < 4.78 is 0. The van der Waals surface area contributed by atoms with Crippen molar-refractivity contribution >= 4 is 5.71 Å². The molecule has 1 saturated heterocycles. The van der Waals surface area contributed by atoms with E-state index in [1.807, 2.05) is 0 Å². The number of nitrogens with two attached hydrogens (primary N) is 4. The predicted molar refractivity (Wildman–Crippen MR) is 55.7 cm³/mol. The standard InChI is InChI=1S/C9H16N6/c10-7(11)8(12,13)9(7)14-5-1-2-6(5)3-4-15(6)9/h1-4,10-13H2. The van der Waals surface area contributed by atoms with Crippen molar-refractivity contribution in [3.8, 4) is 0 Å². The Morgan fingerprint density at radius 2 is 1.73 bits per heavy atom. The SMILES string of the molecule is NC1(N)C(N)(N)C12N=C1CCC13CCN32. The topological polar surface area (TPSA) is 120 Å². The van der Waals surface area contributed by atoms with Crippen molar-refractivity contribution in [3.63, 3.8) is 0 Å². The summed E-state index contributed by atoms with van der Waals surface area (Å²) in [6, 6.07) is 0. The van der Waals surface area contributed by atoms with E-state index in [0.717, 1.165) is 25.8 Å². The van der Waals surface area contributed by atoms with Gasteiger partial charge in [0.15, 0.2) is 5.66 Å². The summed E-state index contributed by atoms with van der Waals surface area (Å²) >= 11 is 0. The van der Waals surface area contributed by atoms with E-state index in [4.69, 9.17) is 22.9 Å². The van der Waals surface area contributed by atoms with Crippen LogP contribution in [0.3, 0.4) is 0 Å². The van der Waals surface area contributed by atoms with Gasteiger partial charge in [-0.15, -0.1) is 0 Å². The lowest BCUT2D eigenvalue weighted by Gasteiger charge is -2.56. The molecule has 0 aromatic carbocycles. The third-order valence-corrected chi connectivity index (χ3v) is 5.04. The van der Waals surface area contributed by atoms with Crippen LogP contribution >= 0.6 is 0 Å². The molecule has 2 saturated carbocycles. The Kier molecular flexibility index (Phi) is 1.01. The summed E-state index contributed by atoms with van der Waals surface area (Å²) in [5, 5.41) is 0. The van der Waals surface area contributed by atoms with Crippen molar-refractivity contribution in [2.45, 2.75) is 41.8 Å². The van der Waals surface area contributed by atoms with Gasteiger partial charge in [-0.1, -0.05) is 0 Å². The maximum absolute atomic E-state index is 6.00. The Morgan fingerprint density at radius 1 is 1.07 bits per heavy atom. The molecule has 2 aliphatic carbocycles. The van der Waals surface area contributed by atoms with Crippen LogP contribution < -0.4 is 22.9 Å². The van der Waals surface area contributed by atoms with Gasteiger partial charge in [0.25, 0.3) is 0 Å². The van der Waals surface area contributed by atoms with E-state index in [9.17, 15) is 0 Å². The van der Waals surface area contributed by atoms with Crippen molar-refractivity contribution in [1.82, 2.24) is 4.90 Å². The monoisotopic (exact) mass is 208 g/mol. The molecular weight excluding hydrogens is 192 g/mol. The van der Waals surface area contributed by atoms with Gasteiger partial charge in [-0.05, 0) is 19.3 Å². The average Bonchev–Trinajstić information content (AvgIpc) is 2.29. The second kappa shape index (κ2) is 1.76. The third-order valence-electron chi connectivity index (χ3n) is 5.04. The second-order valence-electron chi connectivity index (χ2n) is 5.40. The highest BCUT2D eigenvalue weighted by atomic mass is 15.6. The molecule has 0 radical (unpaired) electrons. The first-order valence-electron chi connectivity index (χ1n) is 5.43. The molecule has 2 spiro atoms. The van der Waals surface area contributed by atoms with Crippen LogP contribution in [0.2, 0.25) is 0 Å². The molecule has 0 bridgehead atoms. The molecule has 8 N–H and O–H groups in total. The highest BCUT2D eigenvalue weighted by Gasteiger charge is 2.91. The number of hydrogen-bond donors (Lipinski definition) is 4. The summed E-state index contributed by atoms with van der Waals surface area (Å²) in [5.41, 5.74) is 22.5. The summed E-state index contributed by atoms with van der Waals surface area (Å²) in [6.45, 7) is 0.958. The van der Waals surface area contributed by atoms with Crippen LogP contribution in [-0.4, -0.2) is 39.7 Å². The highest BCUT2D eigenvalue weighted by Crippen LogP contribution is 2.66. The molecule has 3 fully saturated rings. The normalized spacial score (nSPS) is 46.3. The van der Waals surface area contributed by atoms with Gasteiger partial charge < -0.3 is 22.9 Å². The molecule has 82 valence electrons. The van der Waals surface area contributed by atoms with Crippen molar-refractivity contribution < 1.29 is 0 Å². The zero-order valence-corrected chi connectivity index (χ0v) is 8.53. The molecule has 0 aromatic rings. The fourth-order valence-electron chi connectivity index (χ4n) is 3.72. The smallest absolute Gasteiger partial charge is 0.182 e. The molecule has 1 atom stereocenters. The molecule has 6 heteroatoms. The molecule has 4 aliphatic rings. The molecule has 2 aliphatic heterocycles. The Labute approximate surface area is 87.7 Å². The summed E-state index contributed by atoms with van der Waals surface area (Å²) in [6.07, 6.45) is 3.35. The minimum absolute atomic E-state index is 0.143. The maximum Gasteiger partial charge on any atom is 0.182 e. The summed E-state index contributed by atoms with van der Waals surface area (Å²) in [4.78, 5) is 6.90. The number of rotatable bonds is 0. The van der Waals surface area contributed by atoms with Gasteiger partial charge in [-0.25, -0.2) is 0 Å². The van der Waals surface area contributed by atoms with Gasteiger partial charge in [0, 0.05) is 12.3 Å². The van der Waals surface area contributed by atoms with E-state index in [1.165, 1.54) is 5.71 Å². The van der Waals surface area contributed by atoms with Crippen LogP contribution in [0.5, 0.6) is 0 Å². The molecule has 4 rings (SSSR count). The van der Waals surface area contributed by atoms with Crippen LogP contribution in [0, 0.1) is 0 Å². The van der Waals surface area contributed by atoms with E-state index in [0.29, 0.717) is 0 Å². The van der Waals surface area contributed by atoms with Crippen molar-refractivity contribution in [1.29, 1.82) is 0 Å². The quantitative estimate of drug-likeness (QED) is 0.331. The average molecular weight is 208 g/mol. The van der Waals surface area contributed by atoms with Crippen LogP contribution in [0.4, 0.5) is 0 Å². The molecule has 6 nitrogen and oxygen atoms in total. The van der Waals surface area contributed by atoms with Crippen molar-refractivity contribution in [3.05, 3.63) is 0 Å². The van der Waals surface area contributed by atoms with Gasteiger partial charge in [0.05, 0.1) is 5.54 Å². The molecule has 2 heterocycles. The number of hydrogen-bond acceptors (Lipinski definition) is 6. The van der Waals surface area contributed by atoms with E-state index >= 15 is 0 Å². The Bertz CT molecular complexity index is 393. The van der Waals surface area contributed by atoms with E-state index in [2.05, 4.69) is 9.89 Å². The lowest BCUT2D eigenvalue weighted by atomic mass is 9.67. The van der Waals surface area contributed by atoms with Crippen LogP contribution in [0.15, 0.2) is 4.99 Å². The fraction of sp³-hybridized carbons (Fsp3) is 0.889. The zero-order valence-electron chi connectivity index (χ0n) is 8.53. The van der Waals surface area contributed by atoms with E-state index in [1.54, 1.807) is 0 Å². The van der Waals surface area contributed by atoms with Gasteiger partial charge in [-0.2, -0.15) is 0 Å². The summed E-state index contributed by atoms with van der Waals surface area (Å²) in [7, 11) is 0. The van der Waals surface area contributed by atoms with Gasteiger partial charge in [0.1, 0.15) is 11.3 Å². The van der Waals surface area contributed by atoms with Gasteiger partial charge in [-0.3, -0.25) is 9.89 Å². The number of fused-ring (bicyclic) bond motifs is 1. The number of aliphatic imine (C=N–C) groups is 1.